The van der Waals surface area contributed by atoms with E-state index in [9.17, 15) is 4.79 Å². The first-order valence-electron chi connectivity index (χ1n) is 9.05. The molecule has 0 bridgehead atoms. The maximum absolute atomic E-state index is 13.2. The van der Waals surface area contributed by atoms with Crippen LogP contribution in [-0.4, -0.2) is 38.0 Å². The van der Waals surface area contributed by atoms with Gasteiger partial charge >= 0.3 is 0 Å². The number of nitrogens with zero attached hydrogens (tertiary/aromatic N) is 3. The molecule has 28 heavy (non-hydrogen) atoms. The molecule has 0 fully saturated rings. The molecule has 3 aromatic heterocycles. The minimum atomic E-state index is -0.226. The number of aromatic amines is 1. The predicted molar refractivity (Wildman–Crippen MR) is 111 cm³/mol. The number of carbonyl (C=O) groups excluding carboxylic acids is 1. The fourth-order valence-corrected chi connectivity index (χ4v) is 3.75. The third-order valence-corrected chi connectivity index (χ3v) is 5.29. The Kier molecular flexibility index (Phi) is 5.04. The van der Waals surface area contributed by atoms with Gasteiger partial charge in [0.15, 0.2) is 0 Å². The number of fused-ring (bicyclic) bond motifs is 2. The van der Waals surface area contributed by atoms with Gasteiger partial charge in [-0.05, 0) is 50.5 Å². The second-order valence-corrected chi connectivity index (χ2v) is 7.69. The fraction of sp³-hybridized carbons (Fsp3) is 0.300. The van der Waals surface area contributed by atoms with Crippen molar-refractivity contribution >= 4 is 39.8 Å². The van der Waals surface area contributed by atoms with E-state index in [4.69, 9.17) is 4.52 Å². The van der Waals surface area contributed by atoms with Crippen molar-refractivity contribution in [2.45, 2.75) is 26.3 Å². The van der Waals surface area contributed by atoms with Gasteiger partial charge in [-0.2, -0.15) is 11.8 Å². The number of imidazole rings is 1. The molecule has 1 amide bonds. The third kappa shape index (κ3) is 3.47. The van der Waals surface area contributed by atoms with Crippen LogP contribution in [0.5, 0.6) is 0 Å². The van der Waals surface area contributed by atoms with E-state index in [-0.39, 0.29) is 11.9 Å². The number of para-hydroxylation sites is 2. The number of hydrogen-bond acceptors (Lipinski definition) is 6. The fourth-order valence-electron chi connectivity index (χ4n) is 3.28. The minimum Gasteiger partial charge on any atom is -0.342 e. The third-order valence-electron chi connectivity index (χ3n) is 4.64. The number of amides is 1. The number of aromatic nitrogens is 4. The largest absolute Gasteiger partial charge is 0.342 e. The quantitative estimate of drug-likeness (QED) is 0.513. The lowest BCUT2D eigenvalue weighted by molar-refractivity contribution is 0.0935. The molecule has 0 radical (unpaired) electrons. The molecule has 0 spiro atoms. The van der Waals surface area contributed by atoms with Crippen LogP contribution in [0.4, 0.5) is 0 Å². The van der Waals surface area contributed by atoms with Gasteiger partial charge in [-0.1, -0.05) is 17.3 Å². The van der Waals surface area contributed by atoms with Gasteiger partial charge < -0.3 is 14.8 Å². The van der Waals surface area contributed by atoms with Crippen molar-refractivity contribution in [1.29, 1.82) is 0 Å². The van der Waals surface area contributed by atoms with Gasteiger partial charge in [-0.15, -0.1) is 0 Å². The topological polar surface area (TPSA) is 96.7 Å². The number of H-pyrrole nitrogens is 1. The van der Waals surface area contributed by atoms with Crippen LogP contribution >= 0.6 is 11.8 Å². The first-order chi connectivity index (χ1) is 13.6. The molecule has 0 aliphatic heterocycles. The van der Waals surface area contributed by atoms with Crippen molar-refractivity contribution in [2.75, 3.05) is 12.0 Å². The zero-order valence-electron chi connectivity index (χ0n) is 15.9. The zero-order valence-corrected chi connectivity index (χ0v) is 16.8. The number of carbonyl (C=O) groups is 1. The normalized spacial score (nSPS) is 12.5. The van der Waals surface area contributed by atoms with Gasteiger partial charge in [0.25, 0.3) is 11.6 Å². The molecule has 0 aliphatic carbocycles. The molecule has 144 valence electrons. The average molecular weight is 395 g/mol. The molecule has 7 nitrogen and oxygen atoms in total. The van der Waals surface area contributed by atoms with Crippen LogP contribution in [0.1, 0.15) is 40.0 Å². The zero-order chi connectivity index (χ0) is 19.7. The van der Waals surface area contributed by atoms with E-state index in [1.54, 1.807) is 17.8 Å². The molecule has 4 aromatic rings. The van der Waals surface area contributed by atoms with Crippen molar-refractivity contribution in [3.8, 4) is 0 Å². The Morgan fingerprint density at radius 1 is 1.29 bits per heavy atom. The van der Waals surface area contributed by atoms with Crippen molar-refractivity contribution < 1.29 is 9.32 Å². The van der Waals surface area contributed by atoms with E-state index in [0.717, 1.165) is 29.0 Å². The molecule has 0 saturated heterocycles. The van der Waals surface area contributed by atoms with Gasteiger partial charge in [0.1, 0.15) is 5.82 Å². The SMILES string of the molecule is CSCC[C@H](NC(=O)c1cc(C)nc2onc(C)c12)c1nc2ccccc2[nH]1. The molecule has 1 atom stereocenters. The highest BCUT2D eigenvalue weighted by molar-refractivity contribution is 7.98. The van der Waals surface area contributed by atoms with E-state index in [2.05, 4.69) is 25.4 Å². The lowest BCUT2D eigenvalue weighted by atomic mass is 10.1. The van der Waals surface area contributed by atoms with Crippen molar-refractivity contribution in [1.82, 2.24) is 25.4 Å². The molecule has 8 heteroatoms. The summed E-state index contributed by atoms with van der Waals surface area (Å²) in [6, 6.07) is 9.40. The Morgan fingerprint density at radius 3 is 2.89 bits per heavy atom. The highest BCUT2D eigenvalue weighted by Crippen LogP contribution is 2.24. The number of aryl methyl sites for hydroxylation is 2. The summed E-state index contributed by atoms with van der Waals surface area (Å²) in [7, 11) is 0. The summed E-state index contributed by atoms with van der Waals surface area (Å²) >= 11 is 1.74. The minimum absolute atomic E-state index is 0.187. The predicted octanol–water partition coefficient (Wildman–Crippen LogP) is 3.94. The Bertz CT molecular complexity index is 1120. The van der Waals surface area contributed by atoms with Gasteiger partial charge in [0, 0.05) is 5.69 Å². The summed E-state index contributed by atoms with van der Waals surface area (Å²) in [6.07, 6.45) is 2.82. The number of pyridine rings is 1. The second-order valence-electron chi connectivity index (χ2n) is 6.71. The van der Waals surface area contributed by atoms with Gasteiger partial charge in [-0.3, -0.25) is 4.79 Å². The van der Waals surface area contributed by atoms with Gasteiger partial charge in [0.05, 0.1) is 33.7 Å². The van der Waals surface area contributed by atoms with E-state index >= 15 is 0 Å². The van der Waals surface area contributed by atoms with Crippen LogP contribution in [0.2, 0.25) is 0 Å². The van der Waals surface area contributed by atoms with E-state index in [1.807, 2.05) is 44.4 Å². The van der Waals surface area contributed by atoms with Crippen molar-refractivity contribution in [3.63, 3.8) is 0 Å². The summed E-state index contributed by atoms with van der Waals surface area (Å²) in [5.41, 5.74) is 4.10. The summed E-state index contributed by atoms with van der Waals surface area (Å²) in [6.45, 7) is 3.64. The molecule has 4 rings (SSSR count). The molecular formula is C20H21N5O2S. The Hall–Kier alpha value is -2.87. The number of thioether (sulfide) groups is 1. The summed E-state index contributed by atoms with van der Waals surface area (Å²) < 4.78 is 5.25. The summed E-state index contributed by atoms with van der Waals surface area (Å²) in [5, 5.41) is 7.74. The van der Waals surface area contributed by atoms with Crippen molar-refractivity contribution in [2.24, 2.45) is 0 Å². The molecule has 3 heterocycles. The monoisotopic (exact) mass is 395 g/mol. The highest BCUT2D eigenvalue weighted by Gasteiger charge is 2.23. The average Bonchev–Trinajstić information content (AvgIpc) is 3.28. The van der Waals surface area contributed by atoms with E-state index < -0.39 is 0 Å². The Labute approximate surface area is 166 Å². The molecule has 0 aliphatic rings. The maximum Gasteiger partial charge on any atom is 0.258 e. The Balaban J connectivity index is 1.69. The lowest BCUT2D eigenvalue weighted by Crippen LogP contribution is -2.30. The highest BCUT2D eigenvalue weighted by atomic mass is 32.2. The summed E-state index contributed by atoms with van der Waals surface area (Å²) in [4.78, 5) is 25.5. The molecule has 1 aromatic carbocycles. The number of rotatable bonds is 6. The maximum atomic E-state index is 13.2. The number of benzene rings is 1. The van der Waals surface area contributed by atoms with Gasteiger partial charge in [0.2, 0.25) is 0 Å². The van der Waals surface area contributed by atoms with Crippen LogP contribution in [-0.2, 0) is 0 Å². The second kappa shape index (κ2) is 7.63. The standard InChI is InChI=1S/C20H21N5O2S/c1-11-10-13(17-12(2)25-27-20(17)21-11)19(26)24-16(8-9-28-3)18-22-14-6-4-5-7-15(14)23-18/h4-7,10,16H,8-9H2,1-3H3,(H,22,23)(H,24,26)/t16-/m0/s1. The molecule has 0 unspecified atom stereocenters. The first kappa shape index (κ1) is 18.5. The van der Waals surface area contributed by atoms with Crippen molar-refractivity contribution in [3.05, 3.63) is 53.1 Å². The molecule has 0 saturated carbocycles. The van der Waals surface area contributed by atoms with E-state index in [1.165, 1.54) is 0 Å². The molecular weight excluding hydrogens is 374 g/mol. The van der Waals surface area contributed by atoms with Crippen LogP contribution in [0.3, 0.4) is 0 Å². The smallest absolute Gasteiger partial charge is 0.258 e. The van der Waals surface area contributed by atoms with Crippen LogP contribution in [0.15, 0.2) is 34.9 Å². The lowest BCUT2D eigenvalue weighted by Gasteiger charge is -2.17. The number of nitrogens with one attached hydrogen (secondary N) is 2. The Morgan fingerprint density at radius 2 is 2.11 bits per heavy atom. The van der Waals surface area contributed by atoms with Crippen LogP contribution in [0, 0.1) is 13.8 Å². The van der Waals surface area contributed by atoms with Gasteiger partial charge in [-0.25, -0.2) is 9.97 Å². The first-order valence-corrected chi connectivity index (χ1v) is 10.4. The van der Waals surface area contributed by atoms with E-state index in [0.29, 0.717) is 28.1 Å². The van der Waals surface area contributed by atoms with Crippen LogP contribution < -0.4 is 5.32 Å². The summed E-state index contributed by atoms with van der Waals surface area (Å²) in [5.74, 6) is 1.47. The number of hydrogen-bond donors (Lipinski definition) is 2. The molecule has 2 N–H and O–H groups in total. The van der Waals surface area contributed by atoms with Crippen LogP contribution in [0.25, 0.3) is 22.1 Å².